The van der Waals surface area contributed by atoms with Crippen LogP contribution in [0.2, 0.25) is 0 Å². The molecule has 0 spiro atoms. The second-order valence-corrected chi connectivity index (χ2v) is 10.7. The van der Waals surface area contributed by atoms with E-state index in [1.807, 2.05) is 20.8 Å². The number of barbiturate groups is 1. The molecule has 0 aliphatic carbocycles. The summed E-state index contributed by atoms with van der Waals surface area (Å²) in [5.41, 5.74) is 4.76. The summed E-state index contributed by atoms with van der Waals surface area (Å²) in [6.07, 6.45) is 1.44. The van der Waals surface area contributed by atoms with Gasteiger partial charge in [0.2, 0.25) is 0 Å². The predicted molar refractivity (Wildman–Crippen MR) is 153 cm³/mol. The molecule has 1 fully saturated rings. The monoisotopic (exact) mass is 640 g/mol. The quantitative estimate of drug-likeness (QED) is 0.227. The molecule has 1 aliphatic rings. The van der Waals surface area contributed by atoms with Crippen LogP contribution in [-0.2, 0) is 16.2 Å². The first-order chi connectivity index (χ1) is 18.1. The summed E-state index contributed by atoms with van der Waals surface area (Å²) in [7, 11) is 0. The van der Waals surface area contributed by atoms with Crippen molar-refractivity contribution in [2.24, 2.45) is 0 Å². The maximum Gasteiger partial charge on any atom is 0.335 e. The number of hydrogen-bond acceptors (Lipinski definition) is 5. The first kappa shape index (κ1) is 27.6. The molecule has 196 valence electrons. The van der Waals surface area contributed by atoms with E-state index < -0.39 is 17.8 Å². The maximum absolute atomic E-state index is 13.4. The zero-order valence-corrected chi connectivity index (χ0v) is 24.5. The number of anilines is 1. The van der Waals surface area contributed by atoms with Crippen molar-refractivity contribution >= 4 is 61.5 Å². The van der Waals surface area contributed by atoms with E-state index in [1.54, 1.807) is 37.3 Å². The molecule has 1 saturated heterocycles. The number of carbonyl (C=O) groups is 3. The Kier molecular flexibility index (Phi) is 8.38. The summed E-state index contributed by atoms with van der Waals surface area (Å²) >= 11 is 6.93. The van der Waals surface area contributed by atoms with Crippen molar-refractivity contribution in [1.29, 1.82) is 0 Å². The Labute approximate surface area is 238 Å². The van der Waals surface area contributed by atoms with E-state index in [0.29, 0.717) is 46.0 Å². The highest BCUT2D eigenvalue weighted by atomic mass is 79.9. The number of hydrogen-bond donors (Lipinski definition) is 1. The smallest absolute Gasteiger partial charge is 0.335 e. The number of halogens is 2. The molecule has 4 rings (SSSR count). The summed E-state index contributed by atoms with van der Waals surface area (Å²) in [6, 6.07) is 14.0. The van der Waals surface area contributed by atoms with E-state index in [1.165, 1.54) is 6.08 Å². The van der Waals surface area contributed by atoms with Crippen LogP contribution in [0.4, 0.5) is 10.5 Å². The highest BCUT2D eigenvalue weighted by Gasteiger charge is 2.37. The fourth-order valence-electron chi connectivity index (χ4n) is 4.29. The lowest BCUT2D eigenvalue weighted by molar-refractivity contribution is -0.122. The summed E-state index contributed by atoms with van der Waals surface area (Å²) in [5.74, 6) is -0.517. The number of nitrogens with one attached hydrogen (secondary N) is 1. The van der Waals surface area contributed by atoms with E-state index >= 15 is 0 Å². The van der Waals surface area contributed by atoms with Crippen molar-refractivity contribution in [3.05, 3.63) is 90.9 Å². The Morgan fingerprint density at radius 2 is 1.63 bits per heavy atom. The lowest BCUT2D eigenvalue weighted by atomic mass is 10.1. The Balaban J connectivity index is 1.67. The van der Waals surface area contributed by atoms with Gasteiger partial charge in [0.15, 0.2) is 11.5 Å². The Bertz CT molecular complexity index is 1460. The van der Waals surface area contributed by atoms with Crippen LogP contribution in [0.3, 0.4) is 0 Å². The van der Waals surface area contributed by atoms with E-state index in [9.17, 15) is 14.4 Å². The maximum atomic E-state index is 13.4. The van der Waals surface area contributed by atoms with E-state index in [4.69, 9.17) is 9.47 Å². The van der Waals surface area contributed by atoms with Gasteiger partial charge in [-0.15, -0.1) is 0 Å². The van der Waals surface area contributed by atoms with Gasteiger partial charge in [0.05, 0.1) is 16.8 Å². The first-order valence-corrected chi connectivity index (χ1v) is 13.5. The molecule has 0 saturated carbocycles. The second kappa shape index (κ2) is 11.5. The van der Waals surface area contributed by atoms with E-state index in [2.05, 4.69) is 55.4 Å². The molecule has 4 amide bonds. The number of benzene rings is 3. The van der Waals surface area contributed by atoms with Crippen LogP contribution >= 0.6 is 31.9 Å². The van der Waals surface area contributed by atoms with Crippen molar-refractivity contribution in [3.8, 4) is 11.5 Å². The molecule has 3 aromatic rings. The molecule has 0 bridgehead atoms. The highest BCUT2D eigenvalue weighted by Crippen LogP contribution is 2.38. The number of rotatable bonds is 7. The minimum Gasteiger partial charge on any atom is -0.490 e. The van der Waals surface area contributed by atoms with Gasteiger partial charge in [0.25, 0.3) is 11.8 Å². The fourth-order valence-corrected chi connectivity index (χ4v) is 5.34. The third-order valence-corrected chi connectivity index (χ3v) is 6.89. The molecule has 0 atom stereocenters. The van der Waals surface area contributed by atoms with Crippen molar-refractivity contribution in [2.45, 2.75) is 34.3 Å². The Hall–Kier alpha value is -3.43. The standard InChI is InChI=1S/C29H26Br2N2O5/c1-5-37-25-14-19(13-23(31)26(25)38-15-20-9-16(2)8-17(3)10-20)12-22-27(34)32-29(36)33(28(22)35)24-7-6-21(30)11-18(24)4/h6-14H,5,15H2,1-4H3,(H,32,34,36)/b22-12-. The Morgan fingerprint density at radius 3 is 2.29 bits per heavy atom. The normalized spacial score (nSPS) is 14.6. The minimum absolute atomic E-state index is 0.176. The van der Waals surface area contributed by atoms with Crippen molar-refractivity contribution in [2.75, 3.05) is 11.5 Å². The average Bonchev–Trinajstić information content (AvgIpc) is 2.82. The number of aryl methyl sites for hydroxylation is 3. The van der Waals surface area contributed by atoms with Crippen LogP contribution in [-0.4, -0.2) is 24.5 Å². The van der Waals surface area contributed by atoms with Gasteiger partial charge in [-0.2, -0.15) is 0 Å². The largest absolute Gasteiger partial charge is 0.490 e. The van der Waals surface area contributed by atoms with Crippen molar-refractivity contribution in [1.82, 2.24) is 5.32 Å². The Morgan fingerprint density at radius 1 is 0.921 bits per heavy atom. The van der Waals surface area contributed by atoms with Gasteiger partial charge in [0.1, 0.15) is 12.2 Å². The molecule has 9 heteroatoms. The summed E-state index contributed by atoms with van der Waals surface area (Å²) in [5, 5.41) is 2.26. The minimum atomic E-state index is -0.797. The number of ether oxygens (including phenoxy) is 2. The molecule has 1 heterocycles. The summed E-state index contributed by atoms with van der Waals surface area (Å²) in [6.45, 7) is 8.44. The number of carbonyl (C=O) groups excluding carboxylic acids is 3. The predicted octanol–water partition coefficient (Wildman–Crippen LogP) is 6.78. The number of urea groups is 1. The van der Waals surface area contributed by atoms with Crippen LogP contribution in [0, 0.1) is 20.8 Å². The van der Waals surface area contributed by atoms with E-state index in [0.717, 1.165) is 26.1 Å². The van der Waals surface area contributed by atoms with Crippen LogP contribution < -0.4 is 19.7 Å². The molecule has 0 aromatic heterocycles. The topological polar surface area (TPSA) is 84.9 Å². The molecule has 3 aromatic carbocycles. The van der Waals surface area contributed by atoms with Gasteiger partial charge >= 0.3 is 6.03 Å². The number of amides is 4. The average molecular weight is 642 g/mol. The SMILES string of the molecule is CCOc1cc(/C=C2/C(=O)NC(=O)N(c3ccc(Br)cc3C)C2=O)cc(Br)c1OCc1cc(C)cc(C)c1. The van der Waals surface area contributed by atoms with E-state index in [-0.39, 0.29) is 5.57 Å². The lowest BCUT2D eigenvalue weighted by Crippen LogP contribution is -2.54. The van der Waals surface area contributed by atoms with Crippen LogP contribution in [0.25, 0.3) is 6.08 Å². The van der Waals surface area contributed by atoms with Gasteiger partial charge in [-0.25, -0.2) is 9.69 Å². The highest BCUT2D eigenvalue weighted by molar-refractivity contribution is 9.10. The van der Waals surface area contributed by atoms with Crippen molar-refractivity contribution < 1.29 is 23.9 Å². The molecule has 7 nitrogen and oxygen atoms in total. The van der Waals surface area contributed by atoms with Crippen LogP contribution in [0.5, 0.6) is 11.5 Å². The zero-order valence-electron chi connectivity index (χ0n) is 21.4. The fraction of sp³-hybridized carbons (Fsp3) is 0.207. The number of nitrogens with zero attached hydrogens (tertiary/aromatic N) is 1. The van der Waals surface area contributed by atoms with Gasteiger partial charge in [0, 0.05) is 4.47 Å². The number of imide groups is 2. The summed E-state index contributed by atoms with van der Waals surface area (Å²) < 4.78 is 13.4. The molecule has 1 aliphatic heterocycles. The molecular formula is C29H26Br2N2O5. The molecule has 0 radical (unpaired) electrons. The molecule has 0 unspecified atom stereocenters. The van der Waals surface area contributed by atoms with Gasteiger partial charge < -0.3 is 9.47 Å². The zero-order chi connectivity index (χ0) is 27.6. The molecular weight excluding hydrogens is 616 g/mol. The molecule has 38 heavy (non-hydrogen) atoms. The van der Waals surface area contributed by atoms with Crippen LogP contribution in [0.15, 0.2) is 63.0 Å². The summed E-state index contributed by atoms with van der Waals surface area (Å²) in [4.78, 5) is 39.6. The van der Waals surface area contributed by atoms with Crippen molar-refractivity contribution in [3.63, 3.8) is 0 Å². The lowest BCUT2D eigenvalue weighted by Gasteiger charge is -2.27. The third kappa shape index (κ3) is 6.00. The van der Waals surface area contributed by atoms with Gasteiger partial charge in [-0.05, 0) is 96.7 Å². The molecule has 1 N–H and O–H groups in total. The second-order valence-electron chi connectivity index (χ2n) is 8.94. The van der Waals surface area contributed by atoms with Gasteiger partial charge in [-0.1, -0.05) is 45.3 Å². The van der Waals surface area contributed by atoms with Crippen LogP contribution in [0.1, 0.15) is 34.7 Å². The first-order valence-electron chi connectivity index (χ1n) is 11.9. The third-order valence-electron chi connectivity index (χ3n) is 5.81. The van der Waals surface area contributed by atoms with Gasteiger partial charge in [-0.3, -0.25) is 14.9 Å².